The highest BCUT2D eigenvalue weighted by Crippen LogP contribution is 2.07. The van der Waals surface area contributed by atoms with Crippen LogP contribution >= 0.6 is 0 Å². The van der Waals surface area contributed by atoms with Crippen LogP contribution in [0.3, 0.4) is 0 Å². The number of carbonyl (C=O) groups is 1. The third-order valence-corrected chi connectivity index (χ3v) is 1.65. The quantitative estimate of drug-likeness (QED) is 0.682. The number of hydrogen-bond acceptors (Lipinski definition) is 6. The molecule has 1 atom stereocenters. The van der Waals surface area contributed by atoms with Gasteiger partial charge in [0.1, 0.15) is 6.04 Å². The van der Waals surface area contributed by atoms with Crippen molar-refractivity contribution in [2.45, 2.75) is 13.0 Å². The Kier molecular flexibility index (Phi) is 4.19. The fourth-order valence-electron chi connectivity index (χ4n) is 0.968. The summed E-state index contributed by atoms with van der Waals surface area (Å²) in [6.07, 6.45) is 0. The van der Waals surface area contributed by atoms with Crippen molar-refractivity contribution >= 4 is 5.91 Å². The highest BCUT2D eigenvalue weighted by atomic mass is 16.5. The van der Waals surface area contributed by atoms with Gasteiger partial charge in [0.25, 0.3) is 11.7 Å². The lowest BCUT2D eigenvalue weighted by Crippen LogP contribution is -2.24. The second-order valence-corrected chi connectivity index (χ2v) is 2.88. The van der Waals surface area contributed by atoms with Gasteiger partial charge in [-0.3, -0.25) is 4.79 Å². The molecule has 1 aromatic rings. The van der Waals surface area contributed by atoms with Gasteiger partial charge < -0.3 is 20.3 Å². The zero-order chi connectivity index (χ0) is 11.3. The van der Waals surface area contributed by atoms with Crippen LogP contribution in [0.1, 0.15) is 29.5 Å². The molecule has 0 saturated heterocycles. The first-order valence-electron chi connectivity index (χ1n) is 4.55. The molecule has 1 heterocycles. The zero-order valence-corrected chi connectivity index (χ0v) is 8.69. The van der Waals surface area contributed by atoms with E-state index in [0.717, 1.165) is 0 Å². The second-order valence-electron chi connectivity index (χ2n) is 2.88. The lowest BCUT2D eigenvalue weighted by molar-refractivity contribution is 0.0942. The van der Waals surface area contributed by atoms with Crippen molar-refractivity contribution in [1.29, 1.82) is 0 Å². The molecule has 1 unspecified atom stereocenters. The smallest absolute Gasteiger partial charge is 0.292 e. The molecule has 15 heavy (non-hydrogen) atoms. The molecule has 0 bridgehead atoms. The first-order valence-corrected chi connectivity index (χ1v) is 4.55. The Morgan fingerprint density at radius 1 is 1.73 bits per heavy atom. The van der Waals surface area contributed by atoms with Gasteiger partial charge in [-0.2, -0.15) is 4.98 Å². The Morgan fingerprint density at radius 3 is 3.07 bits per heavy atom. The van der Waals surface area contributed by atoms with Crippen molar-refractivity contribution in [3.05, 3.63) is 11.7 Å². The van der Waals surface area contributed by atoms with Gasteiger partial charge in [0.15, 0.2) is 0 Å². The number of rotatable bonds is 5. The molecule has 7 heteroatoms. The molecule has 7 nitrogen and oxygen atoms in total. The van der Waals surface area contributed by atoms with E-state index in [1.165, 1.54) is 7.11 Å². The van der Waals surface area contributed by atoms with Crippen LogP contribution < -0.4 is 11.1 Å². The number of nitrogens with two attached hydrogens (primary N) is 1. The number of methoxy groups -OCH3 is 1. The van der Waals surface area contributed by atoms with Crippen LogP contribution in [-0.4, -0.2) is 36.3 Å². The Balaban J connectivity index is 2.67. The number of nitrogens with one attached hydrogen (secondary N) is 1. The van der Waals surface area contributed by atoms with Gasteiger partial charge in [0, 0.05) is 13.7 Å². The molecule has 0 aliphatic carbocycles. The summed E-state index contributed by atoms with van der Waals surface area (Å²) in [6.45, 7) is 2.57. The van der Waals surface area contributed by atoms with E-state index in [2.05, 4.69) is 15.5 Å². The van der Waals surface area contributed by atoms with Crippen LogP contribution in [0.25, 0.3) is 0 Å². The highest BCUT2D eigenvalue weighted by Gasteiger charge is 2.18. The highest BCUT2D eigenvalue weighted by molar-refractivity contribution is 5.90. The lowest BCUT2D eigenvalue weighted by atomic mass is 10.3. The van der Waals surface area contributed by atoms with E-state index in [0.29, 0.717) is 6.54 Å². The first-order chi connectivity index (χ1) is 7.19. The van der Waals surface area contributed by atoms with E-state index in [-0.39, 0.29) is 24.2 Å². The lowest BCUT2D eigenvalue weighted by Gasteiger charge is -2.02. The van der Waals surface area contributed by atoms with E-state index < -0.39 is 6.04 Å². The molecule has 0 fully saturated rings. The Bertz CT molecular complexity index is 325. The Hall–Kier alpha value is -1.47. The number of ether oxygens (including phenoxy) is 1. The molecular weight excluding hydrogens is 200 g/mol. The molecule has 0 saturated carbocycles. The molecule has 0 aromatic carbocycles. The third-order valence-electron chi connectivity index (χ3n) is 1.65. The van der Waals surface area contributed by atoms with Crippen LogP contribution in [0.2, 0.25) is 0 Å². The van der Waals surface area contributed by atoms with Crippen molar-refractivity contribution in [3.63, 3.8) is 0 Å². The topological polar surface area (TPSA) is 103 Å². The van der Waals surface area contributed by atoms with Crippen molar-refractivity contribution in [3.8, 4) is 0 Å². The standard InChI is InChI=1S/C8H14N4O3/c1-3-10-7(13)6-11-8(15-12-6)5(9)4-14-2/h5H,3-4,9H2,1-2H3,(H,10,13). The number of nitrogens with zero attached hydrogens (tertiary/aromatic N) is 2. The summed E-state index contributed by atoms with van der Waals surface area (Å²) in [5.74, 6) is -0.200. The summed E-state index contributed by atoms with van der Waals surface area (Å²) < 4.78 is 9.64. The number of aromatic nitrogens is 2. The average molecular weight is 214 g/mol. The minimum absolute atomic E-state index is 0.0154. The molecule has 1 aromatic heterocycles. The predicted octanol–water partition coefficient (Wildman–Crippen LogP) is -0.534. The maximum atomic E-state index is 11.3. The number of amides is 1. The summed E-state index contributed by atoms with van der Waals surface area (Å²) in [7, 11) is 1.51. The summed E-state index contributed by atoms with van der Waals surface area (Å²) >= 11 is 0. The van der Waals surface area contributed by atoms with Gasteiger partial charge in [0.05, 0.1) is 6.61 Å². The van der Waals surface area contributed by atoms with Crippen molar-refractivity contribution in [1.82, 2.24) is 15.5 Å². The van der Waals surface area contributed by atoms with Crippen molar-refractivity contribution < 1.29 is 14.1 Å². The summed E-state index contributed by atoms with van der Waals surface area (Å²) in [5, 5.41) is 6.05. The summed E-state index contributed by atoms with van der Waals surface area (Å²) in [4.78, 5) is 15.1. The van der Waals surface area contributed by atoms with Gasteiger partial charge in [0.2, 0.25) is 5.89 Å². The van der Waals surface area contributed by atoms with E-state index >= 15 is 0 Å². The molecule has 1 rings (SSSR count). The van der Waals surface area contributed by atoms with Crippen LogP contribution in [0.5, 0.6) is 0 Å². The first kappa shape index (κ1) is 11.6. The third kappa shape index (κ3) is 3.00. The molecule has 0 spiro atoms. The van der Waals surface area contributed by atoms with Crippen LogP contribution in [0.4, 0.5) is 0 Å². The molecule has 1 amide bonds. The molecule has 0 aliphatic heterocycles. The maximum Gasteiger partial charge on any atom is 0.292 e. The fraction of sp³-hybridized carbons (Fsp3) is 0.625. The Morgan fingerprint density at radius 2 is 2.47 bits per heavy atom. The van der Waals surface area contributed by atoms with Crippen molar-refractivity contribution in [2.24, 2.45) is 5.73 Å². The van der Waals surface area contributed by atoms with Gasteiger partial charge >= 0.3 is 0 Å². The number of hydrogen-bond donors (Lipinski definition) is 2. The minimum atomic E-state index is -0.509. The van der Waals surface area contributed by atoms with Crippen molar-refractivity contribution in [2.75, 3.05) is 20.3 Å². The molecular formula is C8H14N4O3. The van der Waals surface area contributed by atoms with Crippen LogP contribution in [-0.2, 0) is 4.74 Å². The number of carbonyl (C=O) groups excluding carboxylic acids is 1. The SMILES string of the molecule is CCNC(=O)c1noc(C(N)COC)n1. The van der Waals surface area contributed by atoms with E-state index in [4.69, 9.17) is 15.0 Å². The maximum absolute atomic E-state index is 11.3. The molecule has 0 aliphatic rings. The van der Waals surface area contributed by atoms with Crippen LogP contribution in [0.15, 0.2) is 4.52 Å². The monoisotopic (exact) mass is 214 g/mol. The predicted molar refractivity (Wildman–Crippen MR) is 51.1 cm³/mol. The Labute approximate surface area is 87.0 Å². The van der Waals surface area contributed by atoms with E-state index in [1.54, 1.807) is 6.92 Å². The molecule has 84 valence electrons. The average Bonchev–Trinajstić information content (AvgIpc) is 2.67. The normalized spacial score (nSPS) is 12.5. The van der Waals surface area contributed by atoms with Crippen LogP contribution in [0, 0.1) is 0 Å². The van der Waals surface area contributed by atoms with Gasteiger partial charge in [-0.05, 0) is 6.92 Å². The van der Waals surface area contributed by atoms with Gasteiger partial charge in [-0.1, -0.05) is 5.16 Å². The van der Waals surface area contributed by atoms with Gasteiger partial charge in [-0.25, -0.2) is 0 Å². The summed E-state index contributed by atoms with van der Waals surface area (Å²) in [6, 6.07) is -0.509. The van der Waals surface area contributed by atoms with E-state index in [1.807, 2.05) is 0 Å². The zero-order valence-electron chi connectivity index (χ0n) is 8.69. The molecule has 0 radical (unpaired) electrons. The molecule has 3 N–H and O–H groups in total. The van der Waals surface area contributed by atoms with E-state index in [9.17, 15) is 4.79 Å². The largest absolute Gasteiger partial charge is 0.383 e. The fourth-order valence-corrected chi connectivity index (χ4v) is 0.968. The minimum Gasteiger partial charge on any atom is -0.383 e. The second kappa shape index (κ2) is 5.42. The van der Waals surface area contributed by atoms with Gasteiger partial charge in [-0.15, -0.1) is 0 Å². The summed E-state index contributed by atoms with van der Waals surface area (Å²) in [5.41, 5.74) is 5.64.